The fourth-order valence-corrected chi connectivity index (χ4v) is 3.89. The minimum atomic E-state index is -0.124. The maximum Gasteiger partial charge on any atom is 0.257 e. The Morgan fingerprint density at radius 2 is 1.88 bits per heavy atom. The van der Waals surface area contributed by atoms with Crippen LogP contribution in [-0.2, 0) is 6.42 Å². The zero-order valence-corrected chi connectivity index (χ0v) is 14.4. The third-order valence-electron chi connectivity index (χ3n) is 4.19. The fourth-order valence-electron chi connectivity index (χ4n) is 2.89. The van der Waals surface area contributed by atoms with Gasteiger partial charge in [0.2, 0.25) is 0 Å². The van der Waals surface area contributed by atoms with Crippen molar-refractivity contribution in [2.75, 3.05) is 24.3 Å². The second-order valence-corrected chi connectivity index (χ2v) is 7.10. The van der Waals surface area contributed by atoms with E-state index < -0.39 is 0 Å². The number of rotatable bonds is 3. The lowest BCUT2D eigenvalue weighted by molar-refractivity contribution is 0.102. The molecule has 24 heavy (non-hydrogen) atoms. The molecule has 0 bridgehead atoms. The van der Waals surface area contributed by atoms with Gasteiger partial charge in [-0.1, -0.05) is 24.3 Å². The van der Waals surface area contributed by atoms with Gasteiger partial charge in [-0.2, -0.15) is 0 Å². The van der Waals surface area contributed by atoms with Gasteiger partial charge in [0.05, 0.1) is 5.69 Å². The lowest BCUT2D eigenvalue weighted by atomic mass is 10.1. The first-order valence-electron chi connectivity index (χ1n) is 7.78. The second kappa shape index (κ2) is 5.76. The highest BCUT2D eigenvalue weighted by Gasteiger charge is 2.23. The molecule has 1 aromatic heterocycles. The van der Waals surface area contributed by atoms with Gasteiger partial charge in [-0.25, -0.2) is 4.98 Å². The fraction of sp³-hybridized carbons (Fsp3) is 0.158. The minimum Gasteiger partial charge on any atom is -0.378 e. The van der Waals surface area contributed by atoms with Crippen LogP contribution in [0.3, 0.4) is 0 Å². The van der Waals surface area contributed by atoms with Crippen LogP contribution in [0.1, 0.15) is 20.8 Å². The van der Waals surface area contributed by atoms with Crippen LogP contribution in [0.15, 0.2) is 48.5 Å². The number of carbonyl (C=O) groups is 1. The molecular formula is C19H17N3OS. The molecule has 5 heteroatoms. The van der Waals surface area contributed by atoms with E-state index in [0.29, 0.717) is 10.7 Å². The molecule has 4 rings (SSSR count). The summed E-state index contributed by atoms with van der Waals surface area (Å²) in [5.74, 6) is -0.124. The maximum atomic E-state index is 12.4. The molecular weight excluding hydrogens is 318 g/mol. The highest BCUT2D eigenvalue weighted by atomic mass is 32.1. The van der Waals surface area contributed by atoms with Crippen LogP contribution in [-0.4, -0.2) is 25.0 Å². The summed E-state index contributed by atoms with van der Waals surface area (Å²) in [6.07, 6.45) is 0.899. The van der Waals surface area contributed by atoms with E-state index in [0.717, 1.165) is 17.8 Å². The number of anilines is 2. The number of amides is 1. The summed E-state index contributed by atoms with van der Waals surface area (Å²) in [4.78, 5) is 20.3. The van der Waals surface area contributed by atoms with Crippen LogP contribution in [0, 0.1) is 0 Å². The van der Waals surface area contributed by atoms with E-state index in [1.54, 1.807) is 11.3 Å². The molecule has 0 atom stereocenters. The monoisotopic (exact) mass is 335 g/mol. The predicted octanol–water partition coefficient (Wildman–Crippen LogP) is 4.03. The highest BCUT2D eigenvalue weighted by Crippen LogP contribution is 2.40. The average molecular weight is 335 g/mol. The van der Waals surface area contributed by atoms with Crippen molar-refractivity contribution in [3.05, 3.63) is 64.5 Å². The van der Waals surface area contributed by atoms with Crippen molar-refractivity contribution < 1.29 is 4.79 Å². The zero-order chi connectivity index (χ0) is 16.7. The molecule has 4 nitrogen and oxygen atoms in total. The predicted molar refractivity (Wildman–Crippen MR) is 99.1 cm³/mol. The smallest absolute Gasteiger partial charge is 0.257 e. The van der Waals surface area contributed by atoms with Crippen molar-refractivity contribution >= 4 is 28.1 Å². The molecule has 1 aliphatic rings. The van der Waals surface area contributed by atoms with E-state index in [-0.39, 0.29) is 5.91 Å². The highest BCUT2D eigenvalue weighted by molar-refractivity contribution is 7.16. The summed E-state index contributed by atoms with van der Waals surface area (Å²) in [7, 11) is 3.95. The number of fused-ring (bicyclic) bond motifs is 3. The summed E-state index contributed by atoms with van der Waals surface area (Å²) in [5, 5.41) is 3.59. The average Bonchev–Trinajstić information content (AvgIpc) is 3.12. The van der Waals surface area contributed by atoms with Gasteiger partial charge in [0, 0.05) is 42.2 Å². The topological polar surface area (TPSA) is 45.2 Å². The number of nitrogens with one attached hydrogen (secondary N) is 1. The lowest BCUT2D eigenvalue weighted by Gasteiger charge is -2.12. The molecule has 0 aliphatic heterocycles. The molecule has 1 amide bonds. The van der Waals surface area contributed by atoms with Crippen LogP contribution in [0.2, 0.25) is 0 Å². The van der Waals surface area contributed by atoms with Gasteiger partial charge in [-0.15, -0.1) is 11.3 Å². The van der Waals surface area contributed by atoms with Gasteiger partial charge < -0.3 is 4.90 Å². The lowest BCUT2D eigenvalue weighted by Crippen LogP contribution is -2.13. The molecule has 0 fully saturated rings. The van der Waals surface area contributed by atoms with Crippen molar-refractivity contribution in [3.8, 4) is 11.3 Å². The molecule has 1 aliphatic carbocycles. The Balaban J connectivity index is 1.54. The van der Waals surface area contributed by atoms with Gasteiger partial charge in [0.25, 0.3) is 5.91 Å². The quantitative estimate of drug-likeness (QED) is 0.615. The number of aromatic nitrogens is 1. The van der Waals surface area contributed by atoms with E-state index in [1.165, 1.54) is 16.0 Å². The number of nitrogens with zero attached hydrogens (tertiary/aromatic N) is 2. The van der Waals surface area contributed by atoms with Crippen molar-refractivity contribution in [1.82, 2.24) is 4.98 Å². The third kappa shape index (κ3) is 2.57. The summed E-state index contributed by atoms with van der Waals surface area (Å²) in [6.45, 7) is 0. The standard InChI is InChI=1S/C19H17N3OS/c1-22(2)14-9-7-12(8-10-14)18(23)21-19-20-17-15-6-4-3-5-13(15)11-16(17)24-19/h3-10H,11H2,1-2H3,(H,20,21,23). The maximum absolute atomic E-state index is 12.4. The van der Waals surface area contributed by atoms with E-state index >= 15 is 0 Å². The van der Waals surface area contributed by atoms with E-state index in [9.17, 15) is 4.79 Å². The van der Waals surface area contributed by atoms with Crippen molar-refractivity contribution in [1.29, 1.82) is 0 Å². The summed E-state index contributed by atoms with van der Waals surface area (Å²) >= 11 is 1.56. The zero-order valence-electron chi connectivity index (χ0n) is 13.5. The van der Waals surface area contributed by atoms with Crippen molar-refractivity contribution in [2.45, 2.75) is 6.42 Å². The van der Waals surface area contributed by atoms with Crippen LogP contribution < -0.4 is 10.2 Å². The van der Waals surface area contributed by atoms with Crippen LogP contribution in [0.4, 0.5) is 10.8 Å². The first-order chi connectivity index (χ1) is 11.6. The Morgan fingerprint density at radius 1 is 1.12 bits per heavy atom. The van der Waals surface area contributed by atoms with Crippen LogP contribution >= 0.6 is 11.3 Å². The van der Waals surface area contributed by atoms with Crippen molar-refractivity contribution in [3.63, 3.8) is 0 Å². The molecule has 0 radical (unpaired) electrons. The van der Waals surface area contributed by atoms with Crippen molar-refractivity contribution in [2.24, 2.45) is 0 Å². The number of hydrogen-bond acceptors (Lipinski definition) is 4. The number of benzene rings is 2. The Bertz CT molecular complexity index is 913. The molecule has 0 unspecified atom stereocenters. The van der Waals surface area contributed by atoms with E-state index in [1.807, 2.05) is 49.3 Å². The normalized spacial score (nSPS) is 11.8. The second-order valence-electron chi connectivity index (χ2n) is 6.02. The Labute approximate surface area is 144 Å². The Hall–Kier alpha value is -2.66. The van der Waals surface area contributed by atoms with E-state index in [4.69, 9.17) is 0 Å². The molecule has 1 N–H and O–H groups in total. The van der Waals surface area contributed by atoms with E-state index in [2.05, 4.69) is 28.5 Å². The largest absolute Gasteiger partial charge is 0.378 e. The minimum absolute atomic E-state index is 0.124. The summed E-state index contributed by atoms with van der Waals surface area (Å²) < 4.78 is 0. The SMILES string of the molecule is CN(C)c1ccc(C(=O)Nc2nc3c(s2)Cc2ccccc2-3)cc1. The Morgan fingerprint density at radius 3 is 2.62 bits per heavy atom. The molecule has 0 saturated heterocycles. The molecule has 2 aromatic carbocycles. The molecule has 0 saturated carbocycles. The Kier molecular flexibility index (Phi) is 3.58. The number of thiazole rings is 1. The molecule has 3 aromatic rings. The summed E-state index contributed by atoms with van der Waals surface area (Å²) in [5.41, 5.74) is 5.20. The van der Waals surface area contributed by atoms with Crippen LogP contribution in [0.25, 0.3) is 11.3 Å². The molecule has 1 heterocycles. The number of carbonyl (C=O) groups excluding carboxylic acids is 1. The van der Waals surface area contributed by atoms with Gasteiger partial charge in [-0.05, 0) is 29.8 Å². The first kappa shape index (κ1) is 14.9. The van der Waals surface area contributed by atoms with Gasteiger partial charge in [-0.3, -0.25) is 10.1 Å². The first-order valence-corrected chi connectivity index (χ1v) is 8.60. The number of hydrogen-bond donors (Lipinski definition) is 1. The molecule has 120 valence electrons. The van der Waals surface area contributed by atoms with Gasteiger partial charge in [0.1, 0.15) is 0 Å². The van der Waals surface area contributed by atoms with Gasteiger partial charge in [0.15, 0.2) is 5.13 Å². The summed E-state index contributed by atoms with van der Waals surface area (Å²) in [6, 6.07) is 15.8. The van der Waals surface area contributed by atoms with Gasteiger partial charge >= 0.3 is 0 Å². The third-order valence-corrected chi connectivity index (χ3v) is 5.16. The van der Waals surface area contributed by atoms with Crippen LogP contribution in [0.5, 0.6) is 0 Å². The molecule has 0 spiro atoms.